The van der Waals surface area contributed by atoms with Crippen molar-refractivity contribution in [2.24, 2.45) is 0 Å². The van der Waals surface area contributed by atoms with Gasteiger partial charge in [0.2, 0.25) is 0 Å². The van der Waals surface area contributed by atoms with E-state index in [2.05, 4.69) is 51.3 Å². The number of ether oxygens (including phenoxy) is 1. The standard InChI is InChI=1S/C8H5I2NO/c1-12-8-3-5(9)2-7(10)6(8)4-11/h2-3H,1H3. The van der Waals surface area contributed by atoms with E-state index in [0.717, 1.165) is 7.14 Å². The van der Waals surface area contributed by atoms with Crippen LogP contribution in [0, 0.1) is 18.5 Å². The van der Waals surface area contributed by atoms with E-state index in [4.69, 9.17) is 10.00 Å². The average molecular weight is 385 g/mol. The first-order valence-corrected chi connectivity index (χ1v) is 5.28. The van der Waals surface area contributed by atoms with Crippen LogP contribution in [0.3, 0.4) is 0 Å². The summed E-state index contributed by atoms with van der Waals surface area (Å²) in [5.74, 6) is 0.647. The highest BCUT2D eigenvalue weighted by Crippen LogP contribution is 2.25. The summed E-state index contributed by atoms with van der Waals surface area (Å²) in [5, 5.41) is 8.78. The van der Waals surface area contributed by atoms with Gasteiger partial charge in [-0.1, -0.05) is 0 Å². The molecule has 1 aromatic carbocycles. The highest BCUT2D eigenvalue weighted by Gasteiger charge is 2.07. The molecular formula is C8H5I2NO. The summed E-state index contributed by atoms with van der Waals surface area (Å²) in [5.41, 5.74) is 0.610. The number of nitriles is 1. The molecule has 1 aromatic rings. The van der Waals surface area contributed by atoms with Crippen LogP contribution in [0.1, 0.15) is 5.56 Å². The normalized spacial score (nSPS) is 9.17. The smallest absolute Gasteiger partial charge is 0.138 e. The van der Waals surface area contributed by atoms with Gasteiger partial charge in [-0.05, 0) is 57.3 Å². The number of nitrogens with zero attached hydrogens (tertiary/aromatic N) is 1. The molecule has 2 nitrogen and oxygen atoms in total. The van der Waals surface area contributed by atoms with Crippen molar-refractivity contribution >= 4 is 45.2 Å². The molecule has 0 saturated carbocycles. The molecule has 0 aliphatic heterocycles. The maximum absolute atomic E-state index is 8.78. The van der Waals surface area contributed by atoms with E-state index >= 15 is 0 Å². The van der Waals surface area contributed by atoms with Crippen LogP contribution in [0.4, 0.5) is 0 Å². The van der Waals surface area contributed by atoms with E-state index in [0.29, 0.717) is 11.3 Å². The lowest BCUT2D eigenvalue weighted by atomic mass is 10.2. The number of halogens is 2. The van der Waals surface area contributed by atoms with Crippen molar-refractivity contribution in [3.8, 4) is 11.8 Å². The minimum atomic E-state index is 0.610. The quantitative estimate of drug-likeness (QED) is 0.697. The molecule has 0 aromatic heterocycles. The highest BCUT2D eigenvalue weighted by atomic mass is 127. The third-order valence-corrected chi connectivity index (χ3v) is 2.82. The van der Waals surface area contributed by atoms with Gasteiger partial charge in [0.25, 0.3) is 0 Å². The summed E-state index contributed by atoms with van der Waals surface area (Å²) in [6.45, 7) is 0. The molecule has 1 rings (SSSR count). The van der Waals surface area contributed by atoms with Gasteiger partial charge in [-0.15, -0.1) is 0 Å². The van der Waals surface area contributed by atoms with Gasteiger partial charge in [0.05, 0.1) is 7.11 Å². The van der Waals surface area contributed by atoms with Gasteiger partial charge >= 0.3 is 0 Å². The van der Waals surface area contributed by atoms with Crippen LogP contribution in [0.15, 0.2) is 12.1 Å². The fourth-order valence-corrected chi connectivity index (χ4v) is 2.73. The Morgan fingerprint density at radius 2 is 2.08 bits per heavy atom. The summed E-state index contributed by atoms with van der Waals surface area (Å²) in [6.07, 6.45) is 0. The monoisotopic (exact) mass is 385 g/mol. The van der Waals surface area contributed by atoms with E-state index in [1.165, 1.54) is 0 Å². The molecule has 0 bridgehead atoms. The Hall–Kier alpha value is -0.0300. The van der Waals surface area contributed by atoms with E-state index in [9.17, 15) is 0 Å². The third kappa shape index (κ3) is 2.01. The fourth-order valence-electron chi connectivity index (χ4n) is 0.819. The molecule has 0 spiro atoms. The van der Waals surface area contributed by atoms with Crippen LogP contribution in [0.5, 0.6) is 5.75 Å². The van der Waals surface area contributed by atoms with Crippen LogP contribution in [-0.2, 0) is 0 Å². The maximum atomic E-state index is 8.78. The van der Waals surface area contributed by atoms with Crippen molar-refractivity contribution in [2.45, 2.75) is 0 Å². The topological polar surface area (TPSA) is 33.0 Å². The molecule has 0 aliphatic rings. The van der Waals surface area contributed by atoms with Crippen LogP contribution >= 0.6 is 45.2 Å². The molecule has 0 fully saturated rings. The molecule has 12 heavy (non-hydrogen) atoms. The first-order valence-electron chi connectivity index (χ1n) is 3.12. The minimum Gasteiger partial charge on any atom is -0.495 e. The Morgan fingerprint density at radius 3 is 2.58 bits per heavy atom. The Balaban J connectivity index is 3.36. The first-order chi connectivity index (χ1) is 5.69. The molecule has 0 saturated heterocycles. The first kappa shape index (κ1) is 10.1. The van der Waals surface area contributed by atoms with Gasteiger partial charge in [-0.25, -0.2) is 0 Å². The van der Waals surface area contributed by atoms with Crippen molar-refractivity contribution in [3.05, 3.63) is 24.8 Å². The van der Waals surface area contributed by atoms with Crippen LogP contribution in [0.25, 0.3) is 0 Å². The molecule has 0 amide bonds. The van der Waals surface area contributed by atoms with Gasteiger partial charge in [0, 0.05) is 7.14 Å². The zero-order valence-corrected chi connectivity index (χ0v) is 10.6. The molecule has 0 radical (unpaired) electrons. The van der Waals surface area contributed by atoms with Gasteiger partial charge < -0.3 is 4.74 Å². The second-order valence-electron chi connectivity index (χ2n) is 2.08. The van der Waals surface area contributed by atoms with Crippen molar-refractivity contribution in [1.82, 2.24) is 0 Å². The number of hydrogen-bond acceptors (Lipinski definition) is 2. The molecule has 62 valence electrons. The summed E-state index contributed by atoms with van der Waals surface area (Å²) in [7, 11) is 1.57. The van der Waals surface area contributed by atoms with E-state index in [1.807, 2.05) is 12.1 Å². The van der Waals surface area contributed by atoms with Crippen LogP contribution < -0.4 is 4.74 Å². The van der Waals surface area contributed by atoms with Gasteiger partial charge in [-0.3, -0.25) is 0 Å². The Morgan fingerprint density at radius 1 is 1.42 bits per heavy atom. The van der Waals surface area contributed by atoms with Crippen molar-refractivity contribution in [2.75, 3.05) is 7.11 Å². The Bertz CT molecular complexity index is 344. The summed E-state index contributed by atoms with van der Waals surface area (Å²) in [4.78, 5) is 0. The van der Waals surface area contributed by atoms with Crippen LogP contribution in [0.2, 0.25) is 0 Å². The Labute approximate surface area is 98.2 Å². The molecule has 0 atom stereocenters. The molecule has 0 unspecified atom stereocenters. The van der Waals surface area contributed by atoms with E-state index < -0.39 is 0 Å². The lowest BCUT2D eigenvalue weighted by Crippen LogP contribution is -1.91. The van der Waals surface area contributed by atoms with E-state index in [1.54, 1.807) is 7.11 Å². The zero-order chi connectivity index (χ0) is 9.14. The number of hydrogen-bond donors (Lipinski definition) is 0. The second kappa shape index (κ2) is 4.28. The predicted octanol–water partition coefficient (Wildman–Crippen LogP) is 2.78. The Kier molecular flexibility index (Phi) is 3.58. The number of methoxy groups -OCH3 is 1. The number of benzene rings is 1. The molecule has 4 heteroatoms. The minimum absolute atomic E-state index is 0.610. The molecule has 0 aliphatic carbocycles. The average Bonchev–Trinajstić information content (AvgIpc) is 2.03. The summed E-state index contributed by atoms with van der Waals surface area (Å²) < 4.78 is 7.07. The highest BCUT2D eigenvalue weighted by molar-refractivity contribution is 14.1. The molecule has 0 N–H and O–H groups in total. The van der Waals surface area contributed by atoms with Crippen LogP contribution in [-0.4, -0.2) is 7.11 Å². The van der Waals surface area contributed by atoms with Gasteiger partial charge in [0.15, 0.2) is 0 Å². The van der Waals surface area contributed by atoms with Crippen molar-refractivity contribution < 1.29 is 4.74 Å². The summed E-state index contributed by atoms with van der Waals surface area (Å²) >= 11 is 4.32. The lowest BCUT2D eigenvalue weighted by molar-refractivity contribution is 0.413. The second-order valence-corrected chi connectivity index (χ2v) is 4.48. The number of rotatable bonds is 1. The van der Waals surface area contributed by atoms with Gasteiger partial charge in [0.1, 0.15) is 17.4 Å². The van der Waals surface area contributed by atoms with Crippen molar-refractivity contribution in [3.63, 3.8) is 0 Å². The largest absolute Gasteiger partial charge is 0.495 e. The molecular weight excluding hydrogens is 380 g/mol. The van der Waals surface area contributed by atoms with Crippen molar-refractivity contribution in [1.29, 1.82) is 5.26 Å². The maximum Gasteiger partial charge on any atom is 0.138 e. The molecule has 0 heterocycles. The fraction of sp³-hybridized carbons (Fsp3) is 0.125. The summed E-state index contributed by atoms with van der Waals surface area (Å²) in [6, 6.07) is 5.90. The lowest BCUT2D eigenvalue weighted by Gasteiger charge is -2.04. The zero-order valence-electron chi connectivity index (χ0n) is 6.27. The third-order valence-electron chi connectivity index (χ3n) is 1.35. The van der Waals surface area contributed by atoms with E-state index in [-0.39, 0.29) is 0 Å². The SMILES string of the molecule is COc1cc(I)cc(I)c1C#N. The van der Waals surface area contributed by atoms with Gasteiger partial charge in [-0.2, -0.15) is 5.26 Å². The predicted molar refractivity (Wildman–Crippen MR) is 63.1 cm³/mol.